The van der Waals surface area contributed by atoms with E-state index >= 15 is 0 Å². The lowest BCUT2D eigenvalue weighted by molar-refractivity contribution is 0.0650. The highest BCUT2D eigenvalue weighted by molar-refractivity contribution is 6.05. The molecule has 12 nitrogen and oxygen atoms in total. The zero-order chi connectivity index (χ0) is 37.2. The molecule has 0 bridgehead atoms. The molecular weight excluding hydrogens is 660 g/mol. The third-order valence-electron chi connectivity index (χ3n) is 8.41. The summed E-state index contributed by atoms with van der Waals surface area (Å²) in [5.74, 6) is -7.11. The summed E-state index contributed by atoms with van der Waals surface area (Å²) in [6.45, 7) is 4.28. The second kappa shape index (κ2) is 16.9. The number of carboxylic acids is 4. The zero-order valence-electron chi connectivity index (χ0n) is 27.8. The van der Waals surface area contributed by atoms with Gasteiger partial charge in [0.25, 0.3) is 0 Å². The number of esters is 2. The minimum absolute atomic E-state index is 0.107. The van der Waals surface area contributed by atoms with Gasteiger partial charge in [-0.05, 0) is 84.1 Å². The van der Waals surface area contributed by atoms with Crippen LogP contribution in [0.25, 0.3) is 0 Å². The van der Waals surface area contributed by atoms with E-state index in [-0.39, 0.29) is 34.5 Å². The molecule has 4 N–H and O–H groups in total. The summed E-state index contributed by atoms with van der Waals surface area (Å²) in [6.07, 6.45) is 5.26. The van der Waals surface area contributed by atoms with E-state index in [0.717, 1.165) is 67.5 Å². The van der Waals surface area contributed by atoms with Crippen LogP contribution in [0, 0.1) is 5.92 Å². The van der Waals surface area contributed by atoms with Gasteiger partial charge in [-0.2, -0.15) is 0 Å². The van der Waals surface area contributed by atoms with Crippen LogP contribution >= 0.6 is 0 Å². The number of ether oxygens (including phenoxy) is 2. The molecule has 51 heavy (non-hydrogen) atoms. The molecule has 264 valence electrons. The minimum Gasteiger partial charge on any atom is -0.478 e. The highest BCUT2D eigenvalue weighted by Gasteiger charge is 2.24. The Morgan fingerprint density at radius 3 is 1.27 bits per heavy atom. The molecule has 4 rings (SSSR count). The Bertz CT molecular complexity index is 1810. The maximum atomic E-state index is 12.8. The zero-order valence-corrected chi connectivity index (χ0v) is 27.8. The van der Waals surface area contributed by atoms with E-state index in [9.17, 15) is 49.2 Å². The van der Waals surface area contributed by atoms with Gasteiger partial charge in [-0.15, -0.1) is 0 Å². The van der Waals surface area contributed by atoms with Crippen LogP contribution < -0.4 is 9.47 Å². The molecule has 12 heteroatoms. The molecule has 0 aliphatic carbocycles. The van der Waals surface area contributed by atoms with Crippen LogP contribution in [0.15, 0.2) is 84.9 Å². The molecule has 1 unspecified atom stereocenters. The molecule has 0 saturated carbocycles. The maximum absolute atomic E-state index is 12.8. The minimum atomic E-state index is -1.49. The van der Waals surface area contributed by atoms with E-state index in [0.29, 0.717) is 0 Å². The molecule has 0 fully saturated rings. The number of hydrogen-bond acceptors (Lipinski definition) is 8. The van der Waals surface area contributed by atoms with Crippen LogP contribution in [-0.2, 0) is 0 Å². The largest absolute Gasteiger partial charge is 0.478 e. The SMILES string of the molecule is CCCCCCC(C)C(c1ccc(OC(=O)c2ccc(C(=O)O)c(C(=O)O)c2)cc1)c1ccc(OC(=O)c2ccc(C(=O)O)c(C(=O)O)c2)cc1. The fraction of sp³-hybridized carbons (Fsp3) is 0.231. The first-order valence-electron chi connectivity index (χ1n) is 16.2. The first-order chi connectivity index (χ1) is 24.3. The van der Waals surface area contributed by atoms with Crippen molar-refractivity contribution in [3.63, 3.8) is 0 Å². The predicted molar refractivity (Wildman–Crippen MR) is 183 cm³/mol. The summed E-state index contributed by atoms with van der Waals surface area (Å²) in [6, 6.07) is 20.1. The molecule has 0 aliphatic rings. The summed E-state index contributed by atoms with van der Waals surface area (Å²) in [5, 5.41) is 37.3. The van der Waals surface area contributed by atoms with Gasteiger partial charge in [0.15, 0.2) is 0 Å². The number of rotatable bonds is 16. The standard InChI is InChI=1S/C39H36O12/c1-3-4-5-6-7-22(2)33(23-8-14-27(15-9-23)50-38(48)25-12-18-29(34(40)41)31(20-25)36(44)45)24-10-16-28(17-11-24)51-39(49)26-13-19-30(35(42)43)32(21-26)37(46)47/h8-22,33H,3-7H2,1-2H3,(H,40,41)(H,42,43)(H,44,45)(H,46,47). The normalized spacial score (nSPS) is 11.4. The summed E-state index contributed by atoms with van der Waals surface area (Å²) in [7, 11) is 0. The van der Waals surface area contributed by atoms with Gasteiger partial charge in [0.05, 0.1) is 33.4 Å². The Balaban J connectivity index is 1.54. The van der Waals surface area contributed by atoms with Crippen LogP contribution in [0.1, 0.15) is 125 Å². The van der Waals surface area contributed by atoms with E-state index in [1.54, 1.807) is 24.3 Å². The van der Waals surface area contributed by atoms with Crippen molar-refractivity contribution in [1.29, 1.82) is 0 Å². The summed E-state index contributed by atoms with van der Waals surface area (Å²) >= 11 is 0. The van der Waals surface area contributed by atoms with Crippen molar-refractivity contribution in [3.05, 3.63) is 129 Å². The van der Waals surface area contributed by atoms with Gasteiger partial charge in [-0.1, -0.05) is 63.8 Å². The fourth-order valence-corrected chi connectivity index (χ4v) is 5.80. The molecular formula is C39H36O12. The average molecular weight is 697 g/mol. The lowest BCUT2D eigenvalue weighted by Gasteiger charge is -2.26. The number of aromatic carboxylic acids is 4. The molecule has 0 spiro atoms. The highest BCUT2D eigenvalue weighted by atomic mass is 16.5. The van der Waals surface area contributed by atoms with Gasteiger partial charge in [0.1, 0.15) is 11.5 Å². The second-order valence-corrected chi connectivity index (χ2v) is 12.0. The van der Waals surface area contributed by atoms with Gasteiger partial charge in [-0.3, -0.25) is 0 Å². The number of hydrogen-bond donors (Lipinski definition) is 4. The van der Waals surface area contributed by atoms with Crippen LogP contribution in [0.5, 0.6) is 11.5 Å². The van der Waals surface area contributed by atoms with Gasteiger partial charge in [0, 0.05) is 5.92 Å². The Kier molecular flexibility index (Phi) is 12.4. The molecule has 0 aromatic heterocycles. The predicted octanol–water partition coefficient (Wildman–Crippen LogP) is 7.66. The van der Waals surface area contributed by atoms with Crippen molar-refractivity contribution in [2.24, 2.45) is 5.92 Å². The number of carbonyl (C=O) groups is 6. The summed E-state index contributed by atoms with van der Waals surface area (Å²) in [4.78, 5) is 71.5. The highest BCUT2D eigenvalue weighted by Crippen LogP contribution is 2.37. The van der Waals surface area contributed by atoms with Crippen molar-refractivity contribution in [2.75, 3.05) is 0 Å². The molecule has 0 saturated heterocycles. The fourth-order valence-electron chi connectivity index (χ4n) is 5.80. The monoisotopic (exact) mass is 696 g/mol. The third-order valence-corrected chi connectivity index (χ3v) is 8.41. The Morgan fingerprint density at radius 1 is 0.529 bits per heavy atom. The summed E-state index contributed by atoms with van der Waals surface area (Å²) < 4.78 is 10.9. The molecule has 0 radical (unpaired) electrons. The number of benzene rings is 4. The number of carbonyl (C=O) groups excluding carboxylic acids is 2. The van der Waals surface area contributed by atoms with Crippen molar-refractivity contribution in [3.8, 4) is 11.5 Å². The van der Waals surface area contributed by atoms with Gasteiger partial charge in [-0.25, -0.2) is 28.8 Å². The van der Waals surface area contributed by atoms with Crippen LogP contribution in [-0.4, -0.2) is 56.2 Å². The van der Waals surface area contributed by atoms with Gasteiger partial charge >= 0.3 is 35.8 Å². The smallest absolute Gasteiger partial charge is 0.343 e. The Hall–Kier alpha value is -6.30. The van der Waals surface area contributed by atoms with E-state index in [4.69, 9.17) is 9.47 Å². The molecule has 0 heterocycles. The number of unbranched alkanes of at least 4 members (excludes halogenated alkanes) is 3. The molecule has 0 amide bonds. The molecule has 4 aromatic carbocycles. The van der Waals surface area contributed by atoms with Crippen LogP contribution in [0.3, 0.4) is 0 Å². The third kappa shape index (κ3) is 9.44. The van der Waals surface area contributed by atoms with Crippen molar-refractivity contribution in [2.45, 2.75) is 51.9 Å². The lowest BCUT2D eigenvalue weighted by atomic mass is 9.79. The Morgan fingerprint density at radius 2 is 0.922 bits per heavy atom. The van der Waals surface area contributed by atoms with Crippen molar-refractivity contribution in [1.82, 2.24) is 0 Å². The van der Waals surface area contributed by atoms with Crippen molar-refractivity contribution >= 4 is 35.8 Å². The first kappa shape index (κ1) is 37.5. The lowest BCUT2D eigenvalue weighted by Crippen LogP contribution is -2.14. The van der Waals surface area contributed by atoms with Gasteiger partial charge < -0.3 is 29.9 Å². The molecule has 1 atom stereocenters. The van der Waals surface area contributed by atoms with E-state index in [2.05, 4.69) is 13.8 Å². The topological polar surface area (TPSA) is 202 Å². The summed E-state index contributed by atoms with van der Waals surface area (Å²) in [5.41, 5.74) is -0.392. The van der Waals surface area contributed by atoms with E-state index < -0.39 is 58.1 Å². The first-order valence-corrected chi connectivity index (χ1v) is 16.2. The maximum Gasteiger partial charge on any atom is 0.343 e. The second-order valence-electron chi connectivity index (χ2n) is 12.0. The van der Waals surface area contributed by atoms with Gasteiger partial charge in [0.2, 0.25) is 0 Å². The quantitative estimate of drug-likeness (QED) is 0.0507. The molecule has 0 aliphatic heterocycles. The molecule has 4 aromatic rings. The van der Waals surface area contributed by atoms with Crippen molar-refractivity contribution < 1.29 is 58.7 Å². The van der Waals surface area contributed by atoms with Crippen LogP contribution in [0.2, 0.25) is 0 Å². The van der Waals surface area contributed by atoms with E-state index in [1.165, 1.54) is 12.1 Å². The van der Waals surface area contributed by atoms with E-state index in [1.807, 2.05) is 24.3 Å². The Labute approximate surface area is 292 Å². The van der Waals surface area contributed by atoms with Crippen LogP contribution in [0.4, 0.5) is 0 Å². The number of carboxylic acid groups (broad SMARTS) is 4. The average Bonchev–Trinajstić information content (AvgIpc) is 3.11.